The van der Waals surface area contributed by atoms with Crippen LogP contribution in [0.5, 0.6) is 0 Å². The maximum absolute atomic E-state index is 13.1. The van der Waals surface area contributed by atoms with E-state index in [4.69, 9.17) is 0 Å². The predicted molar refractivity (Wildman–Crippen MR) is 99.0 cm³/mol. The van der Waals surface area contributed by atoms with Crippen molar-refractivity contribution in [1.82, 2.24) is 15.6 Å². The van der Waals surface area contributed by atoms with Gasteiger partial charge in [-0.25, -0.2) is 14.4 Å². The molecule has 1 aromatic heterocycles. The highest BCUT2D eigenvalue weighted by molar-refractivity contribution is 7.11. The van der Waals surface area contributed by atoms with Crippen molar-refractivity contribution >= 4 is 17.3 Å². The highest BCUT2D eigenvalue weighted by Crippen LogP contribution is 2.14. The second-order valence-electron chi connectivity index (χ2n) is 5.43. The fraction of sp³-hybridized carbons (Fsp3) is 0.444. The molecule has 0 aliphatic heterocycles. The third kappa shape index (κ3) is 6.28. The van der Waals surface area contributed by atoms with Crippen molar-refractivity contribution < 1.29 is 4.39 Å². The quantitative estimate of drug-likeness (QED) is 0.436. The fourth-order valence-electron chi connectivity index (χ4n) is 2.26. The summed E-state index contributed by atoms with van der Waals surface area (Å²) in [6.07, 6.45) is 4.70. The van der Waals surface area contributed by atoms with Crippen molar-refractivity contribution in [3.8, 4) is 0 Å². The van der Waals surface area contributed by atoms with E-state index < -0.39 is 0 Å². The lowest BCUT2D eigenvalue weighted by molar-refractivity contribution is 0.624. The zero-order valence-corrected chi connectivity index (χ0v) is 15.1. The first-order valence-electron chi connectivity index (χ1n) is 8.41. The summed E-state index contributed by atoms with van der Waals surface area (Å²) in [5.41, 5.74) is 1.02. The molecular weight excluding hydrogens is 323 g/mol. The van der Waals surface area contributed by atoms with Crippen molar-refractivity contribution in [3.63, 3.8) is 0 Å². The van der Waals surface area contributed by atoms with Crippen LogP contribution in [0.2, 0.25) is 0 Å². The second-order valence-corrected chi connectivity index (χ2v) is 6.63. The van der Waals surface area contributed by atoms with E-state index in [0.29, 0.717) is 6.54 Å². The number of guanidine groups is 1. The summed E-state index contributed by atoms with van der Waals surface area (Å²) in [7, 11) is 0. The molecule has 2 aromatic rings. The standard InChI is InChI=1S/C18H25FN4S/c1-3-16-12-22-17(24-16)13-23-18(20-4-2)21-10-6-8-14-7-5-9-15(19)11-14/h5,7,9,11-12H,3-4,6,8,10,13H2,1-2H3,(H2,20,21,23). The first kappa shape index (κ1) is 18.4. The van der Waals surface area contributed by atoms with Gasteiger partial charge < -0.3 is 10.6 Å². The number of rotatable bonds is 8. The minimum absolute atomic E-state index is 0.176. The summed E-state index contributed by atoms with van der Waals surface area (Å²) in [6.45, 7) is 6.37. The van der Waals surface area contributed by atoms with E-state index in [1.165, 1.54) is 10.9 Å². The molecule has 0 aliphatic carbocycles. The minimum Gasteiger partial charge on any atom is -0.357 e. The number of aromatic nitrogens is 1. The van der Waals surface area contributed by atoms with Crippen LogP contribution in [0.25, 0.3) is 0 Å². The molecule has 2 rings (SSSR count). The third-order valence-corrected chi connectivity index (χ3v) is 4.62. The second kappa shape index (κ2) is 10.0. The molecule has 6 heteroatoms. The van der Waals surface area contributed by atoms with Gasteiger partial charge in [0, 0.05) is 24.2 Å². The van der Waals surface area contributed by atoms with Gasteiger partial charge in [-0.15, -0.1) is 11.3 Å². The fourth-order valence-corrected chi connectivity index (χ4v) is 3.05. The molecule has 0 radical (unpaired) electrons. The summed E-state index contributed by atoms with van der Waals surface area (Å²) in [6, 6.07) is 6.77. The zero-order valence-electron chi connectivity index (χ0n) is 14.3. The van der Waals surface area contributed by atoms with Crippen molar-refractivity contribution in [2.45, 2.75) is 39.7 Å². The molecule has 0 saturated carbocycles. The van der Waals surface area contributed by atoms with Crippen LogP contribution in [0.4, 0.5) is 4.39 Å². The number of nitrogens with one attached hydrogen (secondary N) is 2. The summed E-state index contributed by atoms with van der Waals surface area (Å²) >= 11 is 1.71. The highest BCUT2D eigenvalue weighted by Gasteiger charge is 2.02. The summed E-state index contributed by atoms with van der Waals surface area (Å²) in [4.78, 5) is 10.2. The van der Waals surface area contributed by atoms with Gasteiger partial charge in [-0.2, -0.15) is 0 Å². The Labute approximate surface area is 147 Å². The smallest absolute Gasteiger partial charge is 0.191 e. The van der Waals surface area contributed by atoms with E-state index >= 15 is 0 Å². The molecule has 0 spiro atoms. The number of hydrogen-bond donors (Lipinski definition) is 2. The summed E-state index contributed by atoms with van der Waals surface area (Å²) in [5.74, 6) is 0.621. The van der Waals surface area contributed by atoms with Gasteiger partial charge in [0.05, 0.1) is 6.54 Å². The molecule has 0 fully saturated rings. The molecule has 0 bridgehead atoms. The molecular formula is C18H25FN4S. The molecule has 0 aliphatic rings. The monoisotopic (exact) mass is 348 g/mol. The van der Waals surface area contributed by atoms with Gasteiger partial charge in [-0.1, -0.05) is 19.1 Å². The molecule has 1 heterocycles. The lowest BCUT2D eigenvalue weighted by Crippen LogP contribution is -2.37. The molecule has 24 heavy (non-hydrogen) atoms. The Morgan fingerprint density at radius 2 is 2.17 bits per heavy atom. The first-order chi connectivity index (χ1) is 11.7. The normalized spacial score (nSPS) is 11.5. The van der Waals surface area contributed by atoms with E-state index in [1.807, 2.05) is 19.2 Å². The Hall–Kier alpha value is -1.95. The van der Waals surface area contributed by atoms with Crippen molar-refractivity contribution in [2.75, 3.05) is 13.1 Å². The Balaban J connectivity index is 1.78. The maximum atomic E-state index is 13.1. The Bertz CT molecular complexity index is 654. The van der Waals surface area contributed by atoms with Gasteiger partial charge >= 0.3 is 0 Å². The average molecular weight is 348 g/mol. The molecule has 1 aromatic carbocycles. The third-order valence-electron chi connectivity index (χ3n) is 3.49. The number of hydrogen-bond acceptors (Lipinski definition) is 3. The van der Waals surface area contributed by atoms with E-state index in [1.54, 1.807) is 23.5 Å². The SMILES string of the molecule is CCNC(=NCc1ncc(CC)s1)NCCCc1cccc(F)c1. The summed E-state index contributed by atoms with van der Waals surface area (Å²) < 4.78 is 13.1. The van der Waals surface area contributed by atoms with Gasteiger partial charge in [0.25, 0.3) is 0 Å². The number of halogens is 1. The van der Waals surface area contributed by atoms with Crippen molar-refractivity contribution in [3.05, 3.63) is 51.7 Å². The van der Waals surface area contributed by atoms with Gasteiger partial charge in [0.1, 0.15) is 10.8 Å². The van der Waals surface area contributed by atoms with Crippen molar-refractivity contribution in [1.29, 1.82) is 0 Å². The van der Waals surface area contributed by atoms with E-state index in [-0.39, 0.29) is 5.82 Å². The first-order valence-corrected chi connectivity index (χ1v) is 9.23. The minimum atomic E-state index is -0.176. The molecule has 2 N–H and O–H groups in total. The average Bonchev–Trinajstić information content (AvgIpc) is 3.04. The topological polar surface area (TPSA) is 49.3 Å². The van der Waals surface area contributed by atoms with Gasteiger partial charge in [-0.3, -0.25) is 0 Å². The van der Waals surface area contributed by atoms with Gasteiger partial charge in [0.2, 0.25) is 0 Å². The van der Waals surface area contributed by atoms with Crippen LogP contribution in [0, 0.1) is 5.82 Å². The predicted octanol–water partition coefficient (Wildman–Crippen LogP) is 3.53. The highest BCUT2D eigenvalue weighted by atomic mass is 32.1. The Morgan fingerprint density at radius 1 is 1.29 bits per heavy atom. The Morgan fingerprint density at radius 3 is 2.88 bits per heavy atom. The number of aryl methyl sites for hydroxylation is 2. The van der Waals surface area contributed by atoms with E-state index in [9.17, 15) is 4.39 Å². The van der Waals surface area contributed by atoms with Crippen molar-refractivity contribution in [2.24, 2.45) is 4.99 Å². The van der Waals surface area contributed by atoms with Crippen LogP contribution in [0.3, 0.4) is 0 Å². The maximum Gasteiger partial charge on any atom is 0.191 e. The van der Waals surface area contributed by atoms with E-state index in [2.05, 4.69) is 27.5 Å². The number of benzene rings is 1. The van der Waals surface area contributed by atoms with Crippen LogP contribution >= 0.6 is 11.3 Å². The molecule has 130 valence electrons. The van der Waals surface area contributed by atoms with Crippen LogP contribution < -0.4 is 10.6 Å². The lowest BCUT2D eigenvalue weighted by atomic mass is 10.1. The van der Waals surface area contributed by atoms with Gasteiger partial charge in [0.15, 0.2) is 5.96 Å². The largest absolute Gasteiger partial charge is 0.357 e. The van der Waals surface area contributed by atoms with Crippen LogP contribution in [-0.4, -0.2) is 24.0 Å². The summed E-state index contributed by atoms with van der Waals surface area (Å²) in [5, 5.41) is 7.59. The van der Waals surface area contributed by atoms with Crippen LogP contribution in [-0.2, 0) is 19.4 Å². The lowest BCUT2D eigenvalue weighted by Gasteiger charge is -2.11. The van der Waals surface area contributed by atoms with Crippen LogP contribution in [0.1, 0.15) is 35.7 Å². The molecule has 0 saturated heterocycles. The molecule has 0 amide bonds. The van der Waals surface area contributed by atoms with E-state index in [0.717, 1.165) is 48.9 Å². The van der Waals surface area contributed by atoms with Crippen LogP contribution in [0.15, 0.2) is 35.5 Å². The zero-order chi connectivity index (χ0) is 17.2. The Kier molecular flexibility index (Phi) is 7.68. The number of thiazole rings is 1. The number of nitrogens with zero attached hydrogens (tertiary/aromatic N) is 2. The number of aliphatic imine (C=N–C) groups is 1. The molecule has 0 unspecified atom stereocenters. The van der Waals surface area contributed by atoms with Gasteiger partial charge in [-0.05, 0) is 43.9 Å². The molecule has 0 atom stereocenters. The molecule has 4 nitrogen and oxygen atoms in total.